The van der Waals surface area contributed by atoms with Crippen LogP contribution >= 0.6 is 0 Å². The Kier molecular flexibility index (Phi) is 28.2. The third-order valence-corrected chi connectivity index (χ3v) is 0. The van der Waals surface area contributed by atoms with Crippen molar-refractivity contribution in [2.45, 2.75) is 0 Å². The molecule has 0 aliphatic rings. The quantitative estimate of drug-likeness (QED) is 0.132. The summed E-state index contributed by atoms with van der Waals surface area (Å²) in [5.41, 5.74) is 0. The fourth-order valence-corrected chi connectivity index (χ4v) is 0. The van der Waals surface area contributed by atoms with Crippen molar-refractivity contribution in [2.24, 2.45) is 0 Å². The van der Waals surface area contributed by atoms with Gasteiger partial charge in [-0.2, -0.15) is 33.7 Å². The third kappa shape index (κ3) is 4110. The average Bonchev–Trinajstić information content (AvgIpc) is 1.62. The van der Waals surface area contributed by atoms with E-state index in [0.717, 1.165) is 0 Å². The molecule has 22 heavy (non-hydrogen) atoms. The molecule has 0 atom stereocenters. The van der Waals surface area contributed by atoms with Gasteiger partial charge in [-0.15, -0.1) is 0 Å². The van der Waals surface area contributed by atoms with Crippen LogP contribution in [-0.2, 0) is 41.6 Å². The first-order valence-electron chi connectivity index (χ1n) is 2.79. The average molecular weight is 440 g/mol. The van der Waals surface area contributed by atoms with Crippen LogP contribution in [0.25, 0.3) is 0 Å². The molecule has 0 aliphatic carbocycles. The van der Waals surface area contributed by atoms with Gasteiger partial charge < -0.3 is 0 Å². The van der Waals surface area contributed by atoms with Crippen LogP contribution in [0, 0.1) is 0 Å². The molecule has 0 unspecified atom stereocenters. The standard InChI is InChI=1S/2Na.4H2O4S.2H/c;;4*1-5(2,3)4;;/h;;4*(H2,1,2,3,4);;. The third-order valence-electron chi connectivity index (χ3n) is 0. The summed E-state index contributed by atoms with van der Waals surface area (Å²) in [6.45, 7) is 0. The minimum atomic E-state index is -4.67. The molecule has 132 valence electrons. The maximum absolute atomic E-state index is 8.74. The molecule has 0 saturated carbocycles. The van der Waals surface area contributed by atoms with Crippen molar-refractivity contribution in [3.05, 3.63) is 0 Å². The molecule has 0 rings (SSSR count). The summed E-state index contributed by atoms with van der Waals surface area (Å²) in [6, 6.07) is 0. The predicted molar refractivity (Wildman–Crippen MR) is 71.0 cm³/mol. The van der Waals surface area contributed by atoms with Crippen LogP contribution in [0.5, 0.6) is 0 Å². The topological polar surface area (TPSA) is 298 Å². The van der Waals surface area contributed by atoms with E-state index in [1.165, 1.54) is 0 Å². The molecule has 0 radical (unpaired) electrons. The van der Waals surface area contributed by atoms with Crippen molar-refractivity contribution >= 4 is 101 Å². The molecule has 0 aromatic carbocycles. The summed E-state index contributed by atoms with van der Waals surface area (Å²) in [5.74, 6) is 0. The van der Waals surface area contributed by atoms with Gasteiger partial charge in [0, 0.05) is 0 Å². The Morgan fingerprint density at radius 3 is 0.318 bits per heavy atom. The van der Waals surface area contributed by atoms with E-state index in [1.807, 2.05) is 0 Å². The number of hydrogen-bond acceptors (Lipinski definition) is 8. The van der Waals surface area contributed by atoms with Gasteiger partial charge in [0.15, 0.2) is 0 Å². The van der Waals surface area contributed by atoms with E-state index in [1.54, 1.807) is 0 Å². The van der Waals surface area contributed by atoms with E-state index < -0.39 is 41.6 Å². The van der Waals surface area contributed by atoms with Crippen molar-refractivity contribution in [1.29, 1.82) is 0 Å². The van der Waals surface area contributed by atoms with Gasteiger partial charge in [0.25, 0.3) is 0 Å². The summed E-state index contributed by atoms with van der Waals surface area (Å²) in [4.78, 5) is 0. The summed E-state index contributed by atoms with van der Waals surface area (Å²) < 4.78 is 126. The molecule has 0 spiro atoms. The molecular formula is H10Na2O16S4. The van der Waals surface area contributed by atoms with Crippen LogP contribution in [0.1, 0.15) is 0 Å². The van der Waals surface area contributed by atoms with E-state index in [4.69, 9.17) is 70.1 Å². The Labute approximate surface area is 169 Å². The Balaban J connectivity index is -0.0000000376. The molecular weight excluding hydrogens is 430 g/mol. The fourth-order valence-electron chi connectivity index (χ4n) is 0. The van der Waals surface area contributed by atoms with Crippen LogP contribution in [0.4, 0.5) is 0 Å². The first-order valence-corrected chi connectivity index (χ1v) is 8.38. The van der Waals surface area contributed by atoms with Gasteiger partial charge in [0.1, 0.15) is 0 Å². The van der Waals surface area contributed by atoms with Gasteiger partial charge in [-0.1, -0.05) is 0 Å². The number of hydrogen-bond donors (Lipinski definition) is 8. The molecule has 22 heteroatoms. The summed E-state index contributed by atoms with van der Waals surface area (Å²) in [5, 5.41) is 0. The minimum absolute atomic E-state index is 0. The second-order valence-corrected chi connectivity index (χ2v) is 5.37. The molecule has 0 heterocycles. The summed E-state index contributed by atoms with van der Waals surface area (Å²) in [7, 11) is -18.7. The van der Waals surface area contributed by atoms with Crippen LogP contribution in [0.3, 0.4) is 0 Å². The second-order valence-electron chi connectivity index (χ2n) is 1.79. The molecule has 0 saturated heterocycles. The SMILES string of the molecule is O=S(=O)(O)O.O=S(=O)(O)O.O=S(=O)(O)O.O=S(=O)(O)O.[NaH].[NaH]. The van der Waals surface area contributed by atoms with Gasteiger partial charge in [-0.05, 0) is 0 Å². The number of rotatable bonds is 0. The summed E-state index contributed by atoms with van der Waals surface area (Å²) >= 11 is 0. The van der Waals surface area contributed by atoms with Gasteiger partial charge in [-0.25, -0.2) is 0 Å². The molecule has 0 aromatic rings. The van der Waals surface area contributed by atoms with Crippen LogP contribution in [-0.4, -0.2) is 129 Å². The van der Waals surface area contributed by atoms with Crippen molar-refractivity contribution in [2.75, 3.05) is 0 Å². The first kappa shape index (κ1) is 38.8. The van der Waals surface area contributed by atoms with Crippen LogP contribution < -0.4 is 0 Å². The zero-order chi connectivity index (χ0) is 18.0. The first-order chi connectivity index (χ1) is 8.00. The molecule has 0 aromatic heterocycles. The molecule has 8 N–H and O–H groups in total. The zero-order valence-corrected chi connectivity index (χ0v) is 11.7. The Hall–Kier alpha value is 1.48. The molecule has 0 fully saturated rings. The Morgan fingerprint density at radius 2 is 0.318 bits per heavy atom. The maximum atomic E-state index is 8.74. The predicted octanol–water partition coefficient (Wildman–Crippen LogP) is -3.91. The second kappa shape index (κ2) is 16.0. The van der Waals surface area contributed by atoms with Gasteiger partial charge in [0.2, 0.25) is 0 Å². The van der Waals surface area contributed by atoms with Crippen molar-refractivity contribution in [3.8, 4) is 0 Å². The van der Waals surface area contributed by atoms with E-state index >= 15 is 0 Å². The molecule has 16 nitrogen and oxygen atoms in total. The molecule has 0 amide bonds. The van der Waals surface area contributed by atoms with E-state index in [9.17, 15) is 0 Å². The van der Waals surface area contributed by atoms with Gasteiger partial charge in [-0.3, -0.25) is 36.4 Å². The van der Waals surface area contributed by atoms with Crippen molar-refractivity contribution < 1.29 is 70.1 Å². The van der Waals surface area contributed by atoms with E-state index in [0.29, 0.717) is 0 Å². The van der Waals surface area contributed by atoms with E-state index in [-0.39, 0.29) is 59.1 Å². The molecule has 0 bridgehead atoms. The Bertz CT molecular complexity index is 477. The van der Waals surface area contributed by atoms with Gasteiger partial charge >= 0.3 is 101 Å². The van der Waals surface area contributed by atoms with Crippen molar-refractivity contribution in [3.63, 3.8) is 0 Å². The monoisotopic (exact) mass is 440 g/mol. The van der Waals surface area contributed by atoms with Crippen molar-refractivity contribution in [1.82, 2.24) is 0 Å². The normalized spacial score (nSPS) is 10.5. The summed E-state index contributed by atoms with van der Waals surface area (Å²) in [6.07, 6.45) is 0. The van der Waals surface area contributed by atoms with Crippen LogP contribution in [0.2, 0.25) is 0 Å². The zero-order valence-electron chi connectivity index (χ0n) is 8.48. The van der Waals surface area contributed by atoms with Gasteiger partial charge in [0.05, 0.1) is 0 Å². The fraction of sp³-hybridized carbons (Fsp3) is 0. The molecule has 0 aliphatic heterocycles. The van der Waals surface area contributed by atoms with Crippen LogP contribution in [0.15, 0.2) is 0 Å². The Morgan fingerprint density at radius 1 is 0.318 bits per heavy atom. The van der Waals surface area contributed by atoms with E-state index in [2.05, 4.69) is 0 Å².